The molecule has 0 unspecified atom stereocenters. The van der Waals surface area contributed by atoms with Crippen LogP contribution >= 0.6 is 11.6 Å². The standard InChI is InChI=1S/C14H19ClN2O3/c15-12-7-6-11(14(18)19)13(17-12)16-8-9-20-10-4-2-1-3-5-10/h6-7,10H,1-5,8-9H2,(H,16,17)(H,18,19). The van der Waals surface area contributed by atoms with Gasteiger partial charge in [0, 0.05) is 6.54 Å². The SMILES string of the molecule is O=C(O)c1ccc(Cl)nc1NCCOC1CCCCC1. The van der Waals surface area contributed by atoms with Gasteiger partial charge < -0.3 is 15.2 Å². The summed E-state index contributed by atoms with van der Waals surface area (Å²) in [5, 5.41) is 12.3. The molecule has 2 N–H and O–H groups in total. The summed E-state index contributed by atoms with van der Waals surface area (Å²) in [6, 6.07) is 2.91. The molecule has 0 aliphatic heterocycles. The minimum atomic E-state index is -1.02. The summed E-state index contributed by atoms with van der Waals surface area (Å²) in [5.74, 6) is -0.734. The maximum Gasteiger partial charge on any atom is 0.339 e. The van der Waals surface area contributed by atoms with Gasteiger partial charge in [-0.1, -0.05) is 30.9 Å². The predicted octanol–water partition coefficient (Wildman–Crippen LogP) is 3.19. The Bertz CT molecular complexity index is 462. The van der Waals surface area contributed by atoms with Crippen LogP contribution in [0.15, 0.2) is 12.1 Å². The first-order valence-corrected chi connectivity index (χ1v) is 7.30. The van der Waals surface area contributed by atoms with E-state index in [0.717, 1.165) is 12.8 Å². The number of halogens is 1. The van der Waals surface area contributed by atoms with Crippen LogP contribution in [0.5, 0.6) is 0 Å². The van der Waals surface area contributed by atoms with E-state index in [1.165, 1.54) is 31.4 Å². The van der Waals surface area contributed by atoms with Gasteiger partial charge in [0.2, 0.25) is 0 Å². The van der Waals surface area contributed by atoms with Gasteiger partial charge in [-0.3, -0.25) is 0 Å². The van der Waals surface area contributed by atoms with Crippen LogP contribution in [0.25, 0.3) is 0 Å². The number of pyridine rings is 1. The molecule has 0 atom stereocenters. The molecule has 0 spiro atoms. The Morgan fingerprint density at radius 1 is 1.40 bits per heavy atom. The number of ether oxygens (including phenoxy) is 1. The minimum absolute atomic E-state index is 0.118. The number of carbonyl (C=O) groups is 1. The summed E-state index contributed by atoms with van der Waals surface area (Å²) in [6.45, 7) is 1.06. The summed E-state index contributed by atoms with van der Waals surface area (Å²) in [5.41, 5.74) is 0.118. The van der Waals surface area contributed by atoms with Gasteiger partial charge in [-0.25, -0.2) is 9.78 Å². The lowest BCUT2D eigenvalue weighted by atomic mass is 9.98. The van der Waals surface area contributed by atoms with Crippen LogP contribution in [-0.4, -0.2) is 35.3 Å². The molecule has 1 aliphatic rings. The summed E-state index contributed by atoms with van der Waals surface area (Å²) in [6.07, 6.45) is 6.35. The average molecular weight is 299 g/mol. The number of carboxylic acid groups (broad SMARTS) is 1. The van der Waals surface area contributed by atoms with E-state index in [1.54, 1.807) is 0 Å². The number of hydrogen-bond donors (Lipinski definition) is 2. The van der Waals surface area contributed by atoms with Gasteiger partial charge in [-0.2, -0.15) is 0 Å². The van der Waals surface area contributed by atoms with Crippen molar-refractivity contribution in [3.63, 3.8) is 0 Å². The number of hydrogen-bond acceptors (Lipinski definition) is 4. The molecule has 1 aliphatic carbocycles. The van der Waals surface area contributed by atoms with Crippen LogP contribution in [0.4, 0.5) is 5.82 Å². The van der Waals surface area contributed by atoms with E-state index < -0.39 is 5.97 Å². The average Bonchev–Trinajstić information content (AvgIpc) is 2.44. The Hall–Kier alpha value is -1.33. The van der Waals surface area contributed by atoms with Crippen LogP contribution in [0, 0.1) is 0 Å². The van der Waals surface area contributed by atoms with E-state index in [-0.39, 0.29) is 16.5 Å². The van der Waals surface area contributed by atoms with E-state index in [2.05, 4.69) is 10.3 Å². The van der Waals surface area contributed by atoms with Crippen molar-refractivity contribution in [1.82, 2.24) is 4.98 Å². The first-order valence-electron chi connectivity index (χ1n) is 6.92. The zero-order chi connectivity index (χ0) is 14.4. The summed E-state index contributed by atoms with van der Waals surface area (Å²) in [4.78, 5) is 15.1. The van der Waals surface area contributed by atoms with E-state index in [9.17, 15) is 4.79 Å². The zero-order valence-corrected chi connectivity index (χ0v) is 12.0. The fraction of sp³-hybridized carbons (Fsp3) is 0.571. The molecule has 110 valence electrons. The number of nitrogens with zero attached hydrogens (tertiary/aromatic N) is 1. The third kappa shape index (κ3) is 4.35. The zero-order valence-electron chi connectivity index (χ0n) is 11.3. The summed E-state index contributed by atoms with van der Waals surface area (Å²) >= 11 is 5.78. The molecular weight excluding hydrogens is 280 g/mol. The first-order chi connectivity index (χ1) is 9.66. The highest BCUT2D eigenvalue weighted by molar-refractivity contribution is 6.29. The molecule has 6 heteroatoms. The number of carboxylic acids is 1. The quantitative estimate of drug-likeness (QED) is 0.623. The Morgan fingerprint density at radius 2 is 2.15 bits per heavy atom. The highest BCUT2D eigenvalue weighted by Gasteiger charge is 2.14. The molecule has 5 nitrogen and oxygen atoms in total. The minimum Gasteiger partial charge on any atom is -0.478 e. The Labute approximate surface area is 123 Å². The van der Waals surface area contributed by atoms with E-state index in [1.807, 2.05) is 0 Å². The lowest BCUT2D eigenvalue weighted by molar-refractivity contribution is 0.0347. The van der Waals surface area contributed by atoms with Gasteiger partial charge in [0.1, 0.15) is 16.5 Å². The highest BCUT2D eigenvalue weighted by Crippen LogP contribution is 2.20. The number of rotatable bonds is 6. The second kappa shape index (κ2) is 7.45. The van der Waals surface area contributed by atoms with E-state index in [0.29, 0.717) is 19.3 Å². The molecule has 1 aromatic heterocycles. The molecule has 1 fully saturated rings. The van der Waals surface area contributed by atoms with Crippen LogP contribution in [-0.2, 0) is 4.74 Å². The van der Waals surface area contributed by atoms with Crippen molar-refractivity contribution in [3.05, 3.63) is 22.8 Å². The molecule has 0 amide bonds. The first kappa shape index (κ1) is 15.1. The predicted molar refractivity (Wildman–Crippen MR) is 77.5 cm³/mol. The van der Waals surface area contributed by atoms with Crippen molar-refractivity contribution in [1.29, 1.82) is 0 Å². The maximum absolute atomic E-state index is 11.1. The van der Waals surface area contributed by atoms with Crippen LogP contribution in [0.2, 0.25) is 5.15 Å². The van der Waals surface area contributed by atoms with E-state index in [4.69, 9.17) is 21.4 Å². The smallest absolute Gasteiger partial charge is 0.339 e. The second-order valence-electron chi connectivity index (χ2n) is 4.89. The molecule has 1 saturated carbocycles. The molecule has 0 bridgehead atoms. The molecule has 20 heavy (non-hydrogen) atoms. The van der Waals surface area contributed by atoms with Crippen molar-refractivity contribution in [2.75, 3.05) is 18.5 Å². The van der Waals surface area contributed by atoms with Gasteiger partial charge >= 0.3 is 5.97 Å². The number of aromatic carboxylic acids is 1. The van der Waals surface area contributed by atoms with Gasteiger partial charge in [0.05, 0.1) is 12.7 Å². The molecule has 1 aromatic rings. The second-order valence-corrected chi connectivity index (χ2v) is 5.28. The topological polar surface area (TPSA) is 71.5 Å². The van der Waals surface area contributed by atoms with Gasteiger partial charge in [-0.15, -0.1) is 0 Å². The van der Waals surface area contributed by atoms with E-state index >= 15 is 0 Å². The van der Waals surface area contributed by atoms with Crippen LogP contribution in [0.3, 0.4) is 0 Å². The van der Waals surface area contributed by atoms with Crippen molar-refractivity contribution < 1.29 is 14.6 Å². The Kier molecular flexibility index (Phi) is 5.61. The van der Waals surface area contributed by atoms with Gasteiger partial charge in [0.25, 0.3) is 0 Å². The monoisotopic (exact) mass is 298 g/mol. The fourth-order valence-corrected chi connectivity index (χ4v) is 2.52. The lowest BCUT2D eigenvalue weighted by Crippen LogP contribution is -2.21. The van der Waals surface area contributed by atoms with Gasteiger partial charge in [0.15, 0.2) is 0 Å². The number of nitrogens with one attached hydrogen (secondary N) is 1. The van der Waals surface area contributed by atoms with Crippen LogP contribution in [0.1, 0.15) is 42.5 Å². The van der Waals surface area contributed by atoms with Crippen LogP contribution < -0.4 is 5.32 Å². The molecule has 2 rings (SSSR count). The number of anilines is 1. The summed E-state index contributed by atoms with van der Waals surface area (Å²) < 4.78 is 5.76. The molecule has 0 aromatic carbocycles. The molecule has 0 saturated heterocycles. The van der Waals surface area contributed by atoms with Crippen molar-refractivity contribution in [2.45, 2.75) is 38.2 Å². The van der Waals surface area contributed by atoms with Gasteiger partial charge in [-0.05, 0) is 25.0 Å². The highest BCUT2D eigenvalue weighted by atomic mass is 35.5. The van der Waals surface area contributed by atoms with Crippen molar-refractivity contribution >= 4 is 23.4 Å². The molecule has 0 radical (unpaired) electrons. The largest absolute Gasteiger partial charge is 0.478 e. The normalized spacial score (nSPS) is 16.1. The lowest BCUT2D eigenvalue weighted by Gasteiger charge is -2.22. The molecular formula is C14H19ClN2O3. The third-order valence-electron chi connectivity index (χ3n) is 3.39. The third-order valence-corrected chi connectivity index (χ3v) is 3.60. The Morgan fingerprint density at radius 3 is 2.85 bits per heavy atom. The Balaban J connectivity index is 1.81. The van der Waals surface area contributed by atoms with Crippen molar-refractivity contribution in [2.24, 2.45) is 0 Å². The molecule has 1 heterocycles. The van der Waals surface area contributed by atoms with Crippen molar-refractivity contribution in [3.8, 4) is 0 Å². The fourth-order valence-electron chi connectivity index (χ4n) is 2.37. The number of aromatic nitrogens is 1. The maximum atomic E-state index is 11.1. The summed E-state index contributed by atoms with van der Waals surface area (Å²) in [7, 11) is 0.